The number of aromatic nitrogens is 1. The molecule has 0 aromatic carbocycles. The Kier molecular flexibility index (Phi) is 6.57. The highest BCUT2D eigenvalue weighted by atomic mass is 35.5. The smallest absolute Gasteiger partial charge is 0.107 e. The number of thiazole rings is 1. The average molecular weight is 290 g/mol. The molecule has 3 nitrogen and oxygen atoms in total. The third-order valence-corrected chi connectivity index (χ3v) is 3.98. The Hall–Kier alpha value is -0.160. The number of halogens is 1. The van der Waals surface area contributed by atoms with Crippen LogP contribution in [0.3, 0.4) is 0 Å². The number of piperazine rings is 1. The minimum absolute atomic E-state index is 0. The highest BCUT2D eigenvalue weighted by molar-refractivity contribution is 7.09. The van der Waals surface area contributed by atoms with Gasteiger partial charge >= 0.3 is 0 Å². The highest BCUT2D eigenvalue weighted by Crippen LogP contribution is 2.15. The van der Waals surface area contributed by atoms with E-state index in [-0.39, 0.29) is 12.4 Å². The summed E-state index contributed by atoms with van der Waals surface area (Å²) in [5.74, 6) is 0. The van der Waals surface area contributed by atoms with Gasteiger partial charge in [0.1, 0.15) is 5.01 Å². The molecule has 1 aliphatic rings. The molecule has 2 heterocycles. The summed E-state index contributed by atoms with van der Waals surface area (Å²) in [6.07, 6.45) is 2.30. The second-order valence-electron chi connectivity index (χ2n) is 5.15. The molecule has 0 bridgehead atoms. The number of aryl methyl sites for hydroxylation is 1. The molecule has 1 aliphatic heterocycles. The van der Waals surface area contributed by atoms with Gasteiger partial charge < -0.3 is 5.32 Å². The summed E-state index contributed by atoms with van der Waals surface area (Å²) in [5.41, 5.74) is 1.27. The molecule has 2 unspecified atom stereocenters. The Balaban J connectivity index is 0.00000162. The van der Waals surface area contributed by atoms with E-state index < -0.39 is 0 Å². The van der Waals surface area contributed by atoms with Gasteiger partial charge in [0.25, 0.3) is 0 Å². The molecule has 18 heavy (non-hydrogen) atoms. The van der Waals surface area contributed by atoms with Crippen LogP contribution in [0.15, 0.2) is 5.38 Å². The summed E-state index contributed by atoms with van der Waals surface area (Å²) in [7, 11) is 0. The third kappa shape index (κ3) is 4.50. The molecule has 2 rings (SSSR count). The predicted molar refractivity (Wildman–Crippen MR) is 80.7 cm³/mol. The Bertz CT molecular complexity index is 346. The van der Waals surface area contributed by atoms with Crippen molar-refractivity contribution >= 4 is 23.7 Å². The molecule has 1 N–H and O–H groups in total. The molecule has 0 radical (unpaired) electrons. The first-order valence-corrected chi connectivity index (χ1v) is 7.47. The van der Waals surface area contributed by atoms with Crippen molar-refractivity contribution in [3.63, 3.8) is 0 Å². The molecule has 1 saturated heterocycles. The summed E-state index contributed by atoms with van der Waals surface area (Å²) in [6, 6.07) is 1.18. The van der Waals surface area contributed by atoms with Crippen molar-refractivity contribution in [2.45, 2.75) is 52.2 Å². The second kappa shape index (κ2) is 7.43. The van der Waals surface area contributed by atoms with Crippen molar-refractivity contribution in [3.05, 3.63) is 16.1 Å². The van der Waals surface area contributed by atoms with Crippen molar-refractivity contribution in [2.24, 2.45) is 0 Å². The zero-order chi connectivity index (χ0) is 12.3. The second-order valence-corrected chi connectivity index (χ2v) is 6.09. The van der Waals surface area contributed by atoms with Crippen LogP contribution in [-0.4, -0.2) is 35.1 Å². The molecule has 0 saturated carbocycles. The monoisotopic (exact) mass is 289 g/mol. The van der Waals surface area contributed by atoms with Crippen LogP contribution in [0, 0.1) is 0 Å². The lowest BCUT2D eigenvalue weighted by atomic mass is 10.1. The topological polar surface area (TPSA) is 28.2 Å². The number of hydrogen-bond acceptors (Lipinski definition) is 4. The molecule has 0 spiro atoms. The lowest BCUT2D eigenvalue weighted by molar-refractivity contribution is 0.166. The van der Waals surface area contributed by atoms with Crippen LogP contribution in [0.25, 0.3) is 0 Å². The molecule has 2 atom stereocenters. The summed E-state index contributed by atoms with van der Waals surface area (Å²) in [6.45, 7) is 10.0. The largest absolute Gasteiger partial charge is 0.309 e. The van der Waals surface area contributed by atoms with E-state index in [9.17, 15) is 0 Å². The minimum Gasteiger partial charge on any atom is -0.309 e. The first-order chi connectivity index (χ1) is 8.17. The summed E-state index contributed by atoms with van der Waals surface area (Å²) in [5, 5.41) is 7.05. The van der Waals surface area contributed by atoms with Crippen LogP contribution in [-0.2, 0) is 13.0 Å². The van der Waals surface area contributed by atoms with E-state index in [1.165, 1.54) is 17.1 Å². The van der Waals surface area contributed by atoms with Crippen molar-refractivity contribution in [2.75, 3.05) is 13.1 Å². The predicted octanol–water partition coefficient (Wildman–Crippen LogP) is 2.70. The normalized spacial score (nSPS) is 24.8. The molecular weight excluding hydrogens is 266 g/mol. The average Bonchev–Trinajstić information content (AvgIpc) is 2.64. The van der Waals surface area contributed by atoms with Gasteiger partial charge in [-0.05, 0) is 20.3 Å². The van der Waals surface area contributed by atoms with Gasteiger partial charge in [-0.1, -0.05) is 13.3 Å². The number of rotatable bonds is 4. The molecule has 5 heteroatoms. The molecule has 104 valence electrons. The van der Waals surface area contributed by atoms with E-state index in [1.807, 2.05) is 11.3 Å². The Morgan fingerprint density at radius 2 is 2.06 bits per heavy atom. The first kappa shape index (κ1) is 15.9. The molecule has 0 amide bonds. The molecule has 1 aromatic rings. The maximum atomic E-state index is 4.70. The quantitative estimate of drug-likeness (QED) is 0.924. The zero-order valence-electron chi connectivity index (χ0n) is 11.5. The SMILES string of the molecule is CCCc1csc(CN2CC(C)NC(C)C2)n1.Cl. The lowest BCUT2D eigenvalue weighted by Gasteiger charge is -2.35. The van der Waals surface area contributed by atoms with Gasteiger partial charge in [-0.25, -0.2) is 4.98 Å². The Labute approximate surface area is 120 Å². The maximum Gasteiger partial charge on any atom is 0.107 e. The van der Waals surface area contributed by atoms with Crippen LogP contribution in [0.4, 0.5) is 0 Å². The van der Waals surface area contributed by atoms with Gasteiger partial charge in [-0.2, -0.15) is 0 Å². The molecular formula is C13H24ClN3S. The van der Waals surface area contributed by atoms with Gasteiger partial charge in [0.05, 0.1) is 12.2 Å². The van der Waals surface area contributed by atoms with Crippen molar-refractivity contribution in [1.29, 1.82) is 0 Å². The fourth-order valence-corrected chi connectivity index (χ4v) is 3.42. The summed E-state index contributed by atoms with van der Waals surface area (Å²) < 4.78 is 0. The van der Waals surface area contributed by atoms with Gasteiger partial charge in [-0.15, -0.1) is 23.7 Å². The van der Waals surface area contributed by atoms with Crippen LogP contribution < -0.4 is 5.32 Å². The number of nitrogens with one attached hydrogen (secondary N) is 1. The first-order valence-electron chi connectivity index (χ1n) is 6.59. The zero-order valence-corrected chi connectivity index (χ0v) is 13.1. The Morgan fingerprint density at radius 3 is 2.67 bits per heavy atom. The van der Waals surface area contributed by atoms with Crippen LogP contribution in [0.2, 0.25) is 0 Å². The number of hydrogen-bond donors (Lipinski definition) is 1. The van der Waals surface area contributed by atoms with Crippen molar-refractivity contribution in [1.82, 2.24) is 15.2 Å². The van der Waals surface area contributed by atoms with Gasteiger partial charge in [0.15, 0.2) is 0 Å². The van der Waals surface area contributed by atoms with E-state index in [0.29, 0.717) is 12.1 Å². The van der Waals surface area contributed by atoms with E-state index in [2.05, 4.69) is 36.4 Å². The molecule has 0 aliphatic carbocycles. The van der Waals surface area contributed by atoms with Crippen LogP contribution >= 0.6 is 23.7 Å². The standard InChI is InChI=1S/C13H23N3S.ClH/c1-4-5-12-9-17-13(15-12)8-16-6-10(2)14-11(3)7-16;/h9-11,14H,4-8H2,1-3H3;1H. The van der Waals surface area contributed by atoms with E-state index >= 15 is 0 Å². The molecule has 1 aromatic heterocycles. The van der Waals surface area contributed by atoms with Crippen LogP contribution in [0.5, 0.6) is 0 Å². The fraction of sp³-hybridized carbons (Fsp3) is 0.769. The van der Waals surface area contributed by atoms with Gasteiger partial charge in [0, 0.05) is 30.6 Å². The van der Waals surface area contributed by atoms with E-state index in [0.717, 1.165) is 26.1 Å². The summed E-state index contributed by atoms with van der Waals surface area (Å²) >= 11 is 1.81. The van der Waals surface area contributed by atoms with Crippen molar-refractivity contribution < 1.29 is 0 Å². The fourth-order valence-electron chi connectivity index (χ4n) is 2.55. The Morgan fingerprint density at radius 1 is 1.39 bits per heavy atom. The highest BCUT2D eigenvalue weighted by Gasteiger charge is 2.21. The maximum absolute atomic E-state index is 4.70. The van der Waals surface area contributed by atoms with Crippen molar-refractivity contribution in [3.8, 4) is 0 Å². The van der Waals surface area contributed by atoms with Gasteiger partial charge in [-0.3, -0.25) is 4.90 Å². The third-order valence-electron chi connectivity index (χ3n) is 3.10. The van der Waals surface area contributed by atoms with Gasteiger partial charge in [0.2, 0.25) is 0 Å². The molecule has 1 fully saturated rings. The van der Waals surface area contributed by atoms with Crippen LogP contribution in [0.1, 0.15) is 37.9 Å². The minimum atomic E-state index is 0. The summed E-state index contributed by atoms with van der Waals surface area (Å²) in [4.78, 5) is 7.21. The lowest BCUT2D eigenvalue weighted by Crippen LogP contribution is -2.53. The van der Waals surface area contributed by atoms with E-state index in [4.69, 9.17) is 4.98 Å². The number of nitrogens with zero attached hydrogens (tertiary/aromatic N) is 2. The van der Waals surface area contributed by atoms with E-state index in [1.54, 1.807) is 0 Å².